The summed E-state index contributed by atoms with van der Waals surface area (Å²) < 4.78 is 0. The molecule has 15 heavy (non-hydrogen) atoms. The molecule has 0 aliphatic heterocycles. The third-order valence-electron chi connectivity index (χ3n) is 1.93. The molecular weight excluding hydrogens is 186 g/mol. The molecular formula is C12H15N3. The minimum Gasteiger partial charge on any atom is -0.399 e. The van der Waals surface area contributed by atoms with Crippen LogP contribution in [0.2, 0.25) is 0 Å². The van der Waals surface area contributed by atoms with Crippen LogP contribution in [0.4, 0.5) is 0 Å². The summed E-state index contributed by atoms with van der Waals surface area (Å²) in [6, 6.07) is 0. The highest BCUT2D eigenvalue weighted by molar-refractivity contribution is 5.64. The molecule has 0 bridgehead atoms. The van der Waals surface area contributed by atoms with E-state index in [9.17, 15) is 0 Å². The van der Waals surface area contributed by atoms with Crippen LogP contribution in [0.3, 0.4) is 0 Å². The highest BCUT2D eigenvalue weighted by Gasteiger charge is 1.96. The second-order valence-electron chi connectivity index (χ2n) is 3.25. The van der Waals surface area contributed by atoms with Gasteiger partial charge in [-0.05, 0) is 31.6 Å². The first-order valence-corrected chi connectivity index (χ1v) is 4.69. The van der Waals surface area contributed by atoms with Gasteiger partial charge < -0.3 is 5.73 Å². The molecule has 0 radical (unpaired) electrons. The van der Waals surface area contributed by atoms with Gasteiger partial charge in [-0.1, -0.05) is 12.7 Å². The summed E-state index contributed by atoms with van der Waals surface area (Å²) in [5, 5.41) is 0. The van der Waals surface area contributed by atoms with Crippen molar-refractivity contribution >= 4 is 5.57 Å². The minimum atomic E-state index is 0.670. The van der Waals surface area contributed by atoms with Gasteiger partial charge in [0.05, 0.1) is 0 Å². The molecule has 1 aromatic heterocycles. The molecule has 0 saturated heterocycles. The van der Waals surface area contributed by atoms with Crippen molar-refractivity contribution < 1.29 is 0 Å². The Hall–Kier alpha value is -1.90. The minimum absolute atomic E-state index is 0.670. The lowest BCUT2D eigenvalue weighted by atomic mass is 10.1. The largest absolute Gasteiger partial charge is 0.399 e. The summed E-state index contributed by atoms with van der Waals surface area (Å²) >= 11 is 0. The van der Waals surface area contributed by atoms with Crippen LogP contribution in [-0.4, -0.2) is 9.97 Å². The van der Waals surface area contributed by atoms with Gasteiger partial charge in [-0.25, -0.2) is 9.97 Å². The third kappa shape index (κ3) is 3.38. The van der Waals surface area contributed by atoms with Gasteiger partial charge in [0.25, 0.3) is 0 Å². The summed E-state index contributed by atoms with van der Waals surface area (Å²) in [5.41, 5.74) is 8.40. The fourth-order valence-corrected chi connectivity index (χ4v) is 1.11. The molecule has 0 aliphatic rings. The van der Waals surface area contributed by atoms with E-state index in [1.165, 1.54) is 0 Å². The van der Waals surface area contributed by atoms with E-state index in [1.54, 1.807) is 24.5 Å². The van der Waals surface area contributed by atoms with E-state index in [1.807, 2.05) is 19.9 Å². The first kappa shape index (κ1) is 11.2. The Labute approximate surface area is 90.1 Å². The molecule has 1 heterocycles. The van der Waals surface area contributed by atoms with E-state index in [-0.39, 0.29) is 0 Å². The number of allylic oxidation sites excluding steroid dienone is 4. The van der Waals surface area contributed by atoms with E-state index in [0.717, 1.165) is 17.0 Å². The van der Waals surface area contributed by atoms with Crippen LogP contribution in [-0.2, 0) is 0 Å². The summed E-state index contributed by atoms with van der Waals surface area (Å²) in [4.78, 5) is 8.24. The van der Waals surface area contributed by atoms with Gasteiger partial charge in [-0.15, -0.1) is 0 Å². The van der Waals surface area contributed by atoms with Crippen LogP contribution < -0.4 is 5.73 Å². The Balaban J connectivity index is 2.93. The van der Waals surface area contributed by atoms with Gasteiger partial charge in [0.15, 0.2) is 0 Å². The average Bonchev–Trinajstić information content (AvgIpc) is 2.18. The fraction of sp³-hybridized carbons (Fsp3) is 0.167. The van der Waals surface area contributed by atoms with Gasteiger partial charge in [-0.2, -0.15) is 0 Å². The predicted molar refractivity (Wildman–Crippen MR) is 62.9 cm³/mol. The third-order valence-corrected chi connectivity index (χ3v) is 1.93. The first-order chi connectivity index (χ1) is 7.13. The van der Waals surface area contributed by atoms with Crippen molar-refractivity contribution in [3.8, 4) is 0 Å². The van der Waals surface area contributed by atoms with E-state index in [0.29, 0.717) is 5.70 Å². The zero-order valence-electron chi connectivity index (χ0n) is 9.07. The molecule has 0 amide bonds. The normalized spacial score (nSPS) is 12.7. The highest BCUT2D eigenvalue weighted by atomic mass is 14.8. The van der Waals surface area contributed by atoms with Crippen molar-refractivity contribution in [1.82, 2.24) is 9.97 Å². The van der Waals surface area contributed by atoms with Crippen molar-refractivity contribution in [1.29, 1.82) is 0 Å². The van der Waals surface area contributed by atoms with Crippen LogP contribution in [0.25, 0.3) is 5.57 Å². The second kappa shape index (κ2) is 5.10. The van der Waals surface area contributed by atoms with Crippen LogP contribution in [0.5, 0.6) is 0 Å². The smallest absolute Gasteiger partial charge is 0.125 e. The summed E-state index contributed by atoms with van der Waals surface area (Å²) in [5.74, 6) is 0.765. The number of nitrogens with two attached hydrogens (primary N) is 1. The number of nitrogens with zero attached hydrogens (tertiary/aromatic N) is 2. The van der Waals surface area contributed by atoms with E-state index in [2.05, 4.69) is 16.5 Å². The lowest BCUT2D eigenvalue weighted by Gasteiger charge is -2.01. The highest BCUT2D eigenvalue weighted by Crippen LogP contribution is 2.12. The first-order valence-electron chi connectivity index (χ1n) is 4.69. The second-order valence-corrected chi connectivity index (χ2v) is 3.25. The fourth-order valence-electron chi connectivity index (χ4n) is 1.11. The zero-order chi connectivity index (χ0) is 11.3. The Morgan fingerprint density at radius 2 is 2.00 bits per heavy atom. The molecule has 2 N–H and O–H groups in total. The number of rotatable bonds is 3. The quantitative estimate of drug-likeness (QED) is 0.763. The van der Waals surface area contributed by atoms with E-state index in [4.69, 9.17) is 5.73 Å². The van der Waals surface area contributed by atoms with Crippen LogP contribution >= 0.6 is 0 Å². The maximum atomic E-state index is 5.73. The summed E-state index contributed by atoms with van der Waals surface area (Å²) in [6.07, 6.45) is 8.85. The molecule has 0 aromatic carbocycles. The number of hydrogen-bond acceptors (Lipinski definition) is 3. The summed E-state index contributed by atoms with van der Waals surface area (Å²) in [6.45, 7) is 7.41. The molecule has 1 rings (SSSR count). The topological polar surface area (TPSA) is 51.8 Å². The number of aryl methyl sites for hydroxylation is 1. The molecule has 78 valence electrons. The van der Waals surface area contributed by atoms with Gasteiger partial charge in [-0.3, -0.25) is 0 Å². The Kier molecular flexibility index (Phi) is 3.80. The van der Waals surface area contributed by atoms with Gasteiger partial charge in [0.2, 0.25) is 0 Å². The number of hydrogen-bond donors (Lipinski definition) is 1. The lowest BCUT2D eigenvalue weighted by Crippen LogP contribution is -1.94. The van der Waals surface area contributed by atoms with Crippen molar-refractivity contribution in [2.45, 2.75) is 13.8 Å². The van der Waals surface area contributed by atoms with Crippen molar-refractivity contribution in [2.24, 2.45) is 5.73 Å². The Morgan fingerprint density at radius 3 is 2.53 bits per heavy atom. The van der Waals surface area contributed by atoms with Gasteiger partial charge in [0, 0.05) is 23.7 Å². The molecule has 3 heteroatoms. The van der Waals surface area contributed by atoms with Crippen LogP contribution in [0, 0.1) is 6.92 Å². The van der Waals surface area contributed by atoms with Gasteiger partial charge in [0.1, 0.15) is 5.82 Å². The molecule has 0 saturated carbocycles. The monoisotopic (exact) mass is 201 g/mol. The molecule has 1 aromatic rings. The maximum absolute atomic E-state index is 5.73. The standard InChI is InChI=1S/C12H15N3/c1-4-5-12(13)6-9(2)11-7-14-10(3)15-8-11/h4-8H,1,13H2,2-3H3/b9-6+,12-5+. The maximum Gasteiger partial charge on any atom is 0.125 e. The summed E-state index contributed by atoms with van der Waals surface area (Å²) in [7, 11) is 0. The zero-order valence-corrected chi connectivity index (χ0v) is 9.07. The molecule has 0 fully saturated rings. The predicted octanol–water partition coefficient (Wildman–Crippen LogP) is 2.22. The number of aromatic nitrogens is 2. The molecule has 0 spiro atoms. The molecule has 0 unspecified atom stereocenters. The Morgan fingerprint density at radius 1 is 1.40 bits per heavy atom. The van der Waals surface area contributed by atoms with Crippen LogP contribution in [0.1, 0.15) is 18.3 Å². The lowest BCUT2D eigenvalue weighted by molar-refractivity contribution is 1.04. The van der Waals surface area contributed by atoms with Crippen LogP contribution in [0.15, 0.2) is 42.9 Å². The van der Waals surface area contributed by atoms with Crippen molar-refractivity contribution in [2.75, 3.05) is 0 Å². The van der Waals surface area contributed by atoms with E-state index >= 15 is 0 Å². The van der Waals surface area contributed by atoms with E-state index < -0.39 is 0 Å². The van der Waals surface area contributed by atoms with Crippen molar-refractivity contribution in [3.05, 3.63) is 54.3 Å². The molecule has 0 aliphatic carbocycles. The average molecular weight is 201 g/mol. The molecule has 3 nitrogen and oxygen atoms in total. The SMILES string of the molecule is C=C/C=C(N)\C=C(/C)c1cnc(C)nc1. The van der Waals surface area contributed by atoms with Gasteiger partial charge >= 0.3 is 0 Å². The van der Waals surface area contributed by atoms with Crippen molar-refractivity contribution in [3.63, 3.8) is 0 Å². The molecule has 0 atom stereocenters. The Bertz CT molecular complexity index is 399.